The molecule has 0 saturated carbocycles. The van der Waals surface area contributed by atoms with E-state index in [1.54, 1.807) is 20.0 Å². The highest BCUT2D eigenvalue weighted by atomic mass is 16.7. The highest BCUT2D eigenvalue weighted by Gasteiger charge is 2.44. The van der Waals surface area contributed by atoms with Crippen LogP contribution in [-0.2, 0) is 9.47 Å². The summed E-state index contributed by atoms with van der Waals surface area (Å²) in [5.74, 6) is -0.652. The number of carbonyl (C=O) groups is 1. The van der Waals surface area contributed by atoms with E-state index < -0.39 is 36.7 Å². The van der Waals surface area contributed by atoms with E-state index in [-0.39, 0.29) is 0 Å². The lowest BCUT2D eigenvalue weighted by atomic mass is 10.00. The van der Waals surface area contributed by atoms with Gasteiger partial charge in [-0.2, -0.15) is 0 Å². The molecule has 0 amide bonds. The number of aromatic amines is 1. The summed E-state index contributed by atoms with van der Waals surface area (Å²) in [5.41, 5.74) is 1.73. The zero-order valence-electron chi connectivity index (χ0n) is 11.5. The Bertz CT molecular complexity index is 480. The Balaban J connectivity index is 2.12. The molecule has 0 aliphatic carbocycles. The van der Waals surface area contributed by atoms with Crippen molar-refractivity contribution in [3.8, 4) is 0 Å². The first-order valence-electron chi connectivity index (χ1n) is 6.38. The molecule has 20 heavy (non-hydrogen) atoms. The zero-order chi connectivity index (χ0) is 15.0. The highest BCUT2D eigenvalue weighted by Crippen LogP contribution is 2.23. The third kappa shape index (κ3) is 2.57. The number of aryl methyl sites for hydroxylation is 2. The van der Waals surface area contributed by atoms with E-state index in [1.165, 1.54) is 6.92 Å². The van der Waals surface area contributed by atoms with E-state index in [2.05, 4.69) is 4.98 Å². The molecule has 5 atom stereocenters. The van der Waals surface area contributed by atoms with Crippen LogP contribution in [0.4, 0.5) is 0 Å². The van der Waals surface area contributed by atoms with Crippen molar-refractivity contribution < 1.29 is 29.6 Å². The fraction of sp³-hybridized carbons (Fsp3) is 0.615. The fourth-order valence-electron chi connectivity index (χ4n) is 2.25. The van der Waals surface area contributed by atoms with Crippen LogP contribution >= 0.6 is 0 Å². The maximum Gasteiger partial charge on any atom is 0.342 e. The van der Waals surface area contributed by atoms with E-state index >= 15 is 0 Å². The number of carbonyl (C=O) groups excluding carboxylic acids is 1. The second-order valence-electron chi connectivity index (χ2n) is 5.06. The Morgan fingerprint density at radius 2 is 1.90 bits per heavy atom. The smallest absolute Gasteiger partial charge is 0.342 e. The van der Waals surface area contributed by atoms with Gasteiger partial charge in [-0.25, -0.2) is 4.79 Å². The van der Waals surface area contributed by atoms with E-state index in [0.29, 0.717) is 16.8 Å². The van der Waals surface area contributed by atoms with Crippen molar-refractivity contribution in [2.45, 2.75) is 51.5 Å². The molecule has 1 fully saturated rings. The van der Waals surface area contributed by atoms with E-state index in [9.17, 15) is 20.1 Å². The van der Waals surface area contributed by atoms with Crippen LogP contribution in [0.5, 0.6) is 0 Å². The minimum atomic E-state index is -1.50. The lowest BCUT2D eigenvalue weighted by molar-refractivity contribution is -0.276. The normalized spacial score (nSPS) is 34.0. The first-order chi connectivity index (χ1) is 9.32. The van der Waals surface area contributed by atoms with Gasteiger partial charge in [0.25, 0.3) is 0 Å². The maximum atomic E-state index is 12.1. The Hall–Kier alpha value is -1.41. The van der Waals surface area contributed by atoms with Crippen LogP contribution in [0.2, 0.25) is 0 Å². The summed E-state index contributed by atoms with van der Waals surface area (Å²) in [4.78, 5) is 15.0. The minimum absolute atomic E-state index is 0.370. The number of esters is 1. The van der Waals surface area contributed by atoms with Crippen molar-refractivity contribution in [1.82, 2.24) is 4.98 Å². The molecule has 1 aromatic heterocycles. The second-order valence-corrected chi connectivity index (χ2v) is 5.06. The van der Waals surface area contributed by atoms with Gasteiger partial charge < -0.3 is 29.8 Å². The van der Waals surface area contributed by atoms with Gasteiger partial charge in [0, 0.05) is 11.9 Å². The van der Waals surface area contributed by atoms with Gasteiger partial charge in [-0.15, -0.1) is 0 Å². The molecule has 0 spiro atoms. The Morgan fingerprint density at radius 1 is 1.25 bits per heavy atom. The summed E-state index contributed by atoms with van der Waals surface area (Å²) in [6.45, 7) is 5.00. The van der Waals surface area contributed by atoms with Crippen molar-refractivity contribution in [2.24, 2.45) is 0 Å². The summed E-state index contributed by atoms with van der Waals surface area (Å²) in [6, 6.07) is 0. The first kappa shape index (κ1) is 15.0. The molecule has 7 nitrogen and oxygen atoms in total. The summed E-state index contributed by atoms with van der Waals surface area (Å²) in [6.07, 6.45) is -4.54. The third-order valence-electron chi connectivity index (χ3n) is 3.51. The number of aliphatic hydroxyl groups is 3. The van der Waals surface area contributed by atoms with Crippen LogP contribution in [0.3, 0.4) is 0 Å². The van der Waals surface area contributed by atoms with Gasteiger partial charge in [0.1, 0.15) is 18.3 Å². The monoisotopic (exact) mass is 285 g/mol. The number of aliphatic hydroxyl groups excluding tert-OH is 3. The van der Waals surface area contributed by atoms with Crippen molar-refractivity contribution in [3.63, 3.8) is 0 Å². The highest BCUT2D eigenvalue weighted by molar-refractivity contribution is 5.92. The Morgan fingerprint density at radius 3 is 2.45 bits per heavy atom. The van der Waals surface area contributed by atoms with Crippen molar-refractivity contribution in [2.75, 3.05) is 0 Å². The summed E-state index contributed by atoms with van der Waals surface area (Å²) < 4.78 is 10.3. The maximum absolute atomic E-state index is 12.1. The second kappa shape index (κ2) is 5.53. The summed E-state index contributed by atoms with van der Waals surface area (Å²) in [5, 5.41) is 29.0. The predicted octanol–water partition coefficient (Wildman–Crippen LogP) is -0.384. The van der Waals surface area contributed by atoms with E-state index in [0.717, 1.165) is 0 Å². The molecule has 1 aliphatic heterocycles. The molecule has 112 valence electrons. The van der Waals surface area contributed by atoms with E-state index in [1.807, 2.05) is 0 Å². The molecular formula is C13H19NO6. The molecule has 2 rings (SSSR count). The molecule has 0 bridgehead atoms. The number of nitrogens with one attached hydrogen (secondary N) is 1. The average molecular weight is 285 g/mol. The van der Waals surface area contributed by atoms with Gasteiger partial charge in [0.15, 0.2) is 0 Å². The fourth-order valence-corrected chi connectivity index (χ4v) is 2.25. The Labute approximate surface area is 116 Å². The molecule has 5 unspecified atom stereocenters. The summed E-state index contributed by atoms with van der Waals surface area (Å²) >= 11 is 0. The molecule has 7 heteroatoms. The minimum Gasteiger partial charge on any atom is -0.429 e. The number of hydrogen-bond acceptors (Lipinski definition) is 6. The van der Waals surface area contributed by atoms with Crippen molar-refractivity contribution >= 4 is 5.97 Å². The zero-order valence-corrected chi connectivity index (χ0v) is 11.5. The van der Waals surface area contributed by atoms with Crippen LogP contribution in [0.1, 0.15) is 28.5 Å². The van der Waals surface area contributed by atoms with Gasteiger partial charge in [0.05, 0.1) is 11.7 Å². The number of rotatable bonds is 2. The Kier molecular flexibility index (Phi) is 4.14. The van der Waals surface area contributed by atoms with Gasteiger partial charge in [-0.3, -0.25) is 0 Å². The van der Waals surface area contributed by atoms with Crippen LogP contribution in [-0.4, -0.2) is 57.0 Å². The van der Waals surface area contributed by atoms with Crippen LogP contribution in [0.25, 0.3) is 0 Å². The quantitative estimate of drug-likeness (QED) is 0.551. The van der Waals surface area contributed by atoms with Gasteiger partial charge in [0.2, 0.25) is 6.29 Å². The van der Waals surface area contributed by atoms with Gasteiger partial charge in [-0.1, -0.05) is 0 Å². The number of H-pyrrole nitrogens is 1. The number of ether oxygens (including phenoxy) is 2. The first-order valence-corrected chi connectivity index (χ1v) is 6.38. The van der Waals surface area contributed by atoms with Crippen molar-refractivity contribution in [3.05, 3.63) is 23.0 Å². The number of hydrogen-bond donors (Lipinski definition) is 4. The molecule has 4 N–H and O–H groups in total. The molecule has 1 aromatic rings. The summed E-state index contributed by atoms with van der Waals surface area (Å²) in [7, 11) is 0. The van der Waals surface area contributed by atoms with Gasteiger partial charge >= 0.3 is 5.97 Å². The SMILES string of the molecule is Cc1c[nH]c(C)c1C(=O)OC1OC(C)C(O)C(O)C1O. The molecular weight excluding hydrogens is 266 g/mol. The van der Waals surface area contributed by atoms with Crippen LogP contribution in [0, 0.1) is 13.8 Å². The lowest BCUT2D eigenvalue weighted by Crippen LogP contribution is -2.57. The molecule has 2 heterocycles. The molecule has 1 saturated heterocycles. The molecule has 1 aliphatic rings. The predicted molar refractivity (Wildman–Crippen MR) is 68.0 cm³/mol. The molecule has 0 radical (unpaired) electrons. The average Bonchev–Trinajstić information content (AvgIpc) is 2.73. The molecule has 0 aromatic carbocycles. The van der Waals surface area contributed by atoms with Crippen molar-refractivity contribution in [1.29, 1.82) is 0 Å². The lowest BCUT2D eigenvalue weighted by Gasteiger charge is -2.38. The van der Waals surface area contributed by atoms with Crippen LogP contribution in [0.15, 0.2) is 6.20 Å². The standard InChI is InChI=1S/C13H19NO6/c1-5-4-14-6(2)8(5)12(18)20-13-11(17)10(16)9(15)7(3)19-13/h4,7,9-11,13-17H,1-3H3. The van der Waals surface area contributed by atoms with E-state index in [4.69, 9.17) is 9.47 Å². The third-order valence-corrected chi connectivity index (χ3v) is 3.51. The van der Waals surface area contributed by atoms with Gasteiger partial charge in [-0.05, 0) is 26.3 Å². The number of aromatic nitrogens is 1. The topological polar surface area (TPSA) is 112 Å². The largest absolute Gasteiger partial charge is 0.429 e. The van der Waals surface area contributed by atoms with Crippen LogP contribution < -0.4 is 0 Å².